The Morgan fingerprint density at radius 3 is 2.53 bits per heavy atom. The largest absolute Gasteiger partial charge is 0.268 e. The topological polar surface area (TPSA) is 45.8 Å². The number of aromatic amines is 1. The van der Waals surface area contributed by atoms with E-state index < -0.39 is 0 Å². The highest BCUT2D eigenvalue weighted by Crippen LogP contribution is 2.19. The molecule has 0 saturated heterocycles. The minimum atomic E-state index is -0.132. The van der Waals surface area contributed by atoms with E-state index in [2.05, 4.69) is 10.2 Å². The first-order valence-electron chi connectivity index (χ1n) is 4.81. The third kappa shape index (κ3) is 1.81. The van der Waals surface area contributed by atoms with Crippen LogP contribution in [0.2, 0.25) is 0 Å². The van der Waals surface area contributed by atoms with Crippen molar-refractivity contribution in [3.8, 4) is 11.3 Å². The van der Waals surface area contributed by atoms with Crippen LogP contribution in [-0.4, -0.2) is 10.2 Å². The first-order valence-corrected chi connectivity index (χ1v) is 4.81. The number of aromatic nitrogens is 2. The Bertz CT molecular complexity index is 543. The van der Waals surface area contributed by atoms with E-state index in [1.54, 1.807) is 13.0 Å². The Labute approximate surface area is 87.8 Å². The Kier molecular flexibility index (Phi) is 2.37. The molecular weight excluding hydrogens is 188 g/mol. The lowest BCUT2D eigenvalue weighted by molar-refractivity contribution is 0.974. The second-order valence-electron chi connectivity index (χ2n) is 3.58. The monoisotopic (exact) mass is 200 g/mol. The predicted molar refractivity (Wildman–Crippen MR) is 59.8 cm³/mol. The maximum absolute atomic E-state index is 11.2. The lowest BCUT2D eigenvalue weighted by Crippen LogP contribution is -2.11. The molecule has 0 aliphatic carbocycles. The molecule has 1 N–H and O–H groups in total. The van der Waals surface area contributed by atoms with E-state index >= 15 is 0 Å². The third-order valence-electron chi connectivity index (χ3n) is 2.41. The highest BCUT2D eigenvalue weighted by Gasteiger charge is 2.03. The highest BCUT2D eigenvalue weighted by molar-refractivity contribution is 5.63. The van der Waals surface area contributed by atoms with E-state index in [1.807, 2.05) is 31.2 Å². The molecule has 0 atom stereocenters. The van der Waals surface area contributed by atoms with Crippen LogP contribution in [0.25, 0.3) is 11.3 Å². The van der Waals surface area contributed by atoms with Gasteiger partial charge in [0.2, 0.25) is 0 Å². The standard InChI is InChI=1S/C12H12N2O/c1-8-5-3-4-6-10(8)11-7-9(2)12(15)14-13-11/h3-7H,1-2H3,(H,14,15). The van der Waals surface area contributed by atoms with E-state index in [9.17, 15) is 4.79 Å². The molecule has 0 fully saturated rings. The summed E-state index contributed by atoms with van der Waals surface area (Å²) in [5.74, 6) is 0. The zero-order chi connectivity index (χ0) is 10.8. The van der Waals surface area contributed by atoms with Crippen LogP contribution in [-0.2, 0) is 0 Å². The summed E-state index contributed by atoms with van der Waals surface area (Å²) >= 11 is 0. The average Bonchev–Trinajstić information content (AvgIpc) is 2.23. The van der Waals surface area contributed by atoms with Gasteiger partial charge in [-0.25, -0.2) is 5.10 Å². The number of hydrogen-bond acceptors (Lipinski definition) is 2. The summed E-state index contributed by atoms with van der Waals surface area (Å²) in [4.78, 5) is 11.2. The van der Waals surface area contributed by atoms with Gasteiger partial charge in [-0.3, -0.25) is 4.79 Å². The maximum atomic E-state index is 11.2. The van der Waals surface area contributed by atoms with Crippen LogP contribution < -0.4 is 5.56 Å². The van der Waals surface area contributed by atoms with Crippen molar-refractivity contribution >= 4 is 0 Å². The second kappa shape index (κ2) is 3.69. The van der Waals surface area contributed by atoms with Gasteiger partial charge in [-0.05, 0) is 25.5 Å². The van der Waals surface area contributed by atoms with E-state index in [-0.39, 0.29) is 5.56 Å². The predicted octanol–water partition coefficient (Wildman–Crippen LogP) is 2.05. The summed E-state index contributed by atoms with van der Waals surface area (Å²) in [6.07, 6.45) is 0. The normalized spacial score (nSPS) is 10.3. The van der Waals surface area contributed by atoms with E-state index in [4.69, 9.17) is 0 Å². The van der Waals surface area contributed by atoms with E-state index in [0.29, 0.717) is 5.56 Å². The van der Waals surface area contributed by atoms with Gasteiger partial charge in [0.1, 0.15) is 0 Å². The molecule has 0 aliphatic heterocycles. The molecule has 0 bridgehead atoms. The van der Waals surface area contributed by atoms with Gasteiger partial charge >= 0.3 is 0 Å². The molecule has 2 aromatic rings. The molecule has 0 aliphatic rings. The molecule has 2 rings (SSSR count). The number of nitrogens with one attached hydrogen (secondary N) is 1. The minimum Gasteiger partial charge on any atom is -0.268 e. The van der Waals surface area contributed by atoms with Crippen LogP contribution in [0.5, 0.6) is 0 Å². The van der Waals surface area contributed by atoms with Crippen LogP contribution in [0.4, 0.5) is 0 Å². The Morgan fingerprint density at radius 1 is 1.13 bits per heavy atom. The zero-order valence-electron chi connectivity index (χ0n) is 8.74. The Hall–Kier alpha value is -1.90. The Balaban J connectivity index is 2.60. The molecule has 1 aromatic carbocycles. The summed E-state index contributed by atoms with van der Waals surface area (Å²) in [6, 6.07) is 9.77. The van der Waals surface area contributed by atoms with Gasteiger partial charge in [0.15, 0.2) is 0 Å². The number of benzene rings is 1. The zero-order valence-corrected chi connectivity index (χ0v) is 8.74. The molecule has 1 aromatic heterocycles. The van der Waals surface area contributed by atoms with Crippen molar-refractivity contribution in [3.63, 3.8) is 0 Å². The first-order chi connectivity index (χ1) is 7.18. The molecule has 0 amide bonds. The molecule has 3 heteroatoms. The van der Waals surface area contributed by atoms with Crippen LogP contribution >= 0.6 is 0 Å². The molecule has 0 radical (unpaired) electrons. The number of rotatable bonds is 1. The number of H-pyrrole nitrogens is 1. The van der Waals surface area contributed by atoms with Crippen LogP contribution in [0.3, 0.4) is 0 Å². The molecule has 0 saturated carbocycles. The van der Waals surface area contributed by atoms with Crippen LogP contribution in [0.15, 0.2) is 35.1 Å². The molecular formula is C12H12N2O. The summed E-state index contributed by atoms with van der Waals surface area (Å²) in [6.45, 7) is 3.81. The van der Waals surface area contributed by atoms with Crippen LogP contribution in [0, 0.1) is 13.8 Å². The quantitative estimate of drug-likeness (QED) is 0.765. The number of nitrogens with zero attached hydrogens (tertiary/aromatic N) is 1. The smallest absolute Gasteiger partial charge is 0.267 e. The summed E-state index contributed by atoms with van der Waals surface area (Å²) in [7, 11) is 0. The molecule has 0 unspecified atom stereocenters. The summed E-state index contributed by atoms with van der Waals surface area (Å²) in [5, 5.41) is 6.52. The van der Waals surface area contributed by atoms with Crippen LogP contribution in [0.1, 0.15) is 11.1 Å². The van der Waals surface area contributed by atoms with Gasteiger partial charge in [0.25, 0.3) is 5.56 Å². The van der Waals surface area contributed by atoms with Gasteiger partial charge in [0, 0.05) is 11.1 Å². The number of hydrogen-bond donors (Lipinski definition) is 1. The van der Waals surface area contributed by atoms with Crippen molar-refractivity contribution in [2.75, 3.05) is 0 Å². The molecule has 1 heterocycles. The Morgan fingerprint density at radius 2 is 1.87 bits per heavy atom. The van der Waals surface area contributed by atoms with Crippen molar-refractivity contribution in [1.82, 2.24) is 10.2 Å². The second-order valence-corrected chi connectivity index (χ2v) is 3.58. The molecule has 3 nitrogen and oxygen atoms in total. The lowest BCUT2D eigenvalue weighted by atomic mass is 10.1. The summed E-state index contributed by atoms with van der Waals surface area (Å²) in [5.41, 5.74) is 3.56. The van der Waals surface area contributed by atoms with Crippen molar-refractivity contribution < 1.29 is 0 Å². The van der Waals surface area contributed by atoms with E-state index in [1.165, 1.54) is 0 Å². The summed E-state index contributed by atoms with van der Waals surface area (Å²) < 4.78 is 0. The van der Waals surface area contributed by atoms with E-state index in [0.717, 1.165) is 16.8 Å². The number of aryl methyl sites for hydroxylation is 2. The van der Waals surface area contributed by atoms with Gasteiger partial charge in [-0.1, -0.05) is 24.3 Å². The maximum Gasteiger partial charge on any atom is 0.267 e. The molecule has 15 heavy (non-hydrogen) atoms. The van der Waals surface area contributed by atoms with Gasteiger partial charge in [0.05, 0.1) is 5.69 Å². The van der Waals surface area contributed by atoms with Crippen molar-refractivity contribution in [3.05, 3.63) is 51.8 Å². The average molecular weight is 200 g/mol. The molecule has 0 spiro atoms. The van der Waals surface area contributed by atoms with Crippen molar-refractivity contribution in [1.29, 1.82) is 0 Å². The minimum absolute atomic E-state index is 0.132. The van der Waals surface area contributed by atoms with Crippen molar-refractivity contribution in [2.45, 2.75) is 13.8 Å². The first kappa shape index (κ1) is 9.65. The van der Waals surface area contributed by atoms with Gasteiger partial charge < -0.3 is 0 Å². The van der Waals surface area contributed by atoms with Gasteiger partial charge in [-0.15, -0.1) is 0 Å². The molecule has 76 valence electrons. The fourth-order valence-corrected chi connectivity index (χ4v) is 1.50. The lowest BCUT2D eigenvalue weighted by Gasteiger charge is -2.04. The van der Waals surface area contributed by atoms with Crippen molar-refractivity contribution in [2.24, 2.45) is 0 Å². The third-order valence-corrected chi connectivity index (χ3v) is 2.41. The fourth-order valence-electron chi connectivity index (χ4n) is 1.50. The SMILES string of the molecule is Cc1ccccc1-c1cc(C)c(=O)[nH]n1. The van der Waals surface area contributed by atoms with Gasteiger partial charge in [-0.2, -0.15) is 5.10 Å². The fraction of sp³-hybridized carbons (Fsp3) is 0.167. The highest BCUT2D eigenvalue weighted by atomic mass is 16.1.